The standard InChI is InChI=1S/C11H13ClN4/c1-4-9-7(2)15-16(8(9)3)11-10(12)13-5-6-14-11/h5-6H,4H2,1-3H3. The average molecular weight is 237 g/mol. The molecule has 0 bridgehead atoms. The van der Waals surface area contributed by atoms with Gasteiger partial charge in [-0.25, -0.2) is 14.6 Å². The molecule has 0 spiro atoms. The van der Waals surface area contributed by atoms with Gasteiger partial charge in [-0.3, -0.25) is 0 Å². The molecule has 0 N–H and O–H groups in total. The number of halogens is 1. The normalized spacial score (nSPS) is 10.8. The summed E-state index contributed by atoms with van der Waals surface area (Å²) in [5.41, 5.74) is 3.32. The lowest BCUT2D eigenvalue weighted by Crippen LogP contribution is -2.03. The Morgan fingerprint density at radius 3 is 2.50 bits per heavy atom. The highest BCUT2D eigenvalue weighted by atomic mass is 35.5. The van der Waals surface area contributed by atoms with Crippen LogP contribution in [-0.2, 0) is 6.42 Å². The van der Waals surface area contributed by atoms with E-state index in [1.807, 2.05) is 13.8 Å². The lowest BCUT2D eigenvalue weighted by molar-refractivity contribution is 0.798. The Labute approximate surface area is 99.3 Å². The zero-order valence-electron chi connectivity index (χ0n) is 9.53. The first kappa shape index (κ1) is 11.1. The van der Waals surface area contributed by atoms with Gasteiger partial charge in [0.1, 0.15) is 0 Å². The highest BCUT2D eigenvalue weighted by Crippen LogP contribution is 2.20. The van der Waals surface area contributed by atoms with Crippen molar-refractivity contribution in [3.05, 3.63) is 34.5 Å². The molecule has 4 nitrogen and oxygen atoms in total. The Morgan fingerprint density at radius 1 is 1.25 bits per heavy atom. The number of hydrogen-bond donors (Lipinski definition) is 0. The molecule has 2 heterocycles. The van der Waals surface area contributed by atoms with E-state index in [4.69, 9.17) is 11.6 Å². The maximum atomic E-state index is 6.00. The molecule has 0 aliphatic rings. The van der Waals surface area contributed by atoms with Crippen LogP contribution in [-0.4, -0.2) is 19.7 Å². The molecule has 0 aromatic carbocycles. The van der Waals surface area contributed by atoms with E-state index in [2.05, 4.69) is 22.0 Å². The highest BCUT2D eigenvalue weighted by Gasteiger charge is 2.14. The monoisotopic (exact) mass is 236 g/mol. The molecule has 0 radical (unpaired) electrons. The van der Waals surface area contributed by atoms with Gasteiger partial charge in [0.05, 0.1) is 5.69 Å². The molecule has 2 rings (SSSR count). The van der Waals surface area contributed by atoms with Crippen LogP contribution >= 0.6 is 11.6 Å². The van der Waals surface area contributed by atoms with E-state index in [0.717, 1.165) is 17.8 Å². The molecule has 2 aromatic heterocycles. The van der Waals surface area contributed by atoms with E-state index in [0.29, 0.717) is 11.0 Å². The summed E-state index contributed by atoms with van der Waals surface area (Å²) in [5, 5.41) is 4.81. The number of aryl methyl sites for hydroxylation is 1. The molecular formula is C11H13ClN4. The van der Waals surface area contributed by atoms with Gasteiger partial charge >= 0.3 is 0 Å². The second-order valence-corrected chi connectivity index (χ2v) is 3.94. The van der Waals surface area contributed by atoms with Crippen molar-refractivity contribution in [3.63, 3.8) is 0 Å². The Hall–Kier alpha value is -1.42. The largest absolute Gasteiger partial charge is 0.239 e. The van der Waals surface area contributed by atoms with E-state index in [1.165, 1.54) is 5.56 Å². The molecule has 0 unspecified atom stereocenters. The number of hydrogen-bond acceptors (Lipinski definition) is 3. The van der Waals surface area contributed by atoms with Crippen LogP contribution in [0.4, 0.5) is 0 Å². The van der Waals surface area contributed by atoms with Crippen LogP contribution in [0.1, 0.15) is 23.9 Å². The fraction of sp³-hybridized carbons (Fsp3) is 0.364. The van der Waals surface area contributed by atoms with Gasteiger partial charge in [-0.1, -0.05) is 18.5 Å². The van der Waals surface area contributed by atoms with Gasteiger partial charge in [0, 0.05) is 18.1 Å². The molecule has 0 aliphatic carbocycles. The molecule has 84 valence electrons. The number of nitrogens with zero attached hydrogens (tertiary/aromatic N) is 4. The third-order valence-electron chi connectivity index (χ3n) is 2.63. The SMILES string of the molecule is CCc1c(C)nn(-c2nccnc2Cl)c1C. The van der Waals surface area contributed by atoms with E-state index >= 15 is 0 Å². The summed E-state index contributed by atoms with van der Waals surface area (Å²) in [7, 11) is 0. The fourth-order valence-corrected chi connectivity index (χ4v) is 2.03. The van der Waals surface area contributed by atoms with Crippen molar-refractivity contribution in [2.75, 3.05) is 0 Å². The molecular weight excluding hydrogens is 224 g/mol. The summed E-state index contributed by atoms with van der Waals surface area (Å²) in [6.07, 6.45) is 4.14. The van der Waals surface area contributed by atoms with Gasteiger partial charge < -0.3 is 0 Å². The second kappa shape index (κ2) is 4.22. The Balaban J connectivity index is 2.62. The van der Waals surface area contributed by atoms with E-state index < -0.39 is 0 Å². The zero-order chi connectivity index (χ0) is 11.7. The van der Waals surface area contributed by atoms with E-state index in [-0.39, 0.29) is 0 Å². The van der Waals surface area contributed by atoms with Crippen LogP contribution in [0.5, 0.6) is 0 Å². The van der Waals surface area contributed by atoms with Crippen LogP contribution in [0.2, 0.25) is 5.15 Å². The predicted molar refractivity (Wildman–Crippen MR) is 63.0 cm³/mol. The fourth-order valence-electron chi connectivity index (χ4n) is 1.85. The molecule has 0 amide bonds. The maximum Gasteiger partial charge on any atom is 0.191 e. The Kier molecular flexibility index (Phi) is 2.92. The van der Waals surface area contributed by atoms with Crippen LogP contribution in [0.25, 0.3) is 5.82 Å². The van der Waals surface area contributed by atoms with Crippen molar-refractivity contribution < 1.29 is 0 Å². The summed E-state index contributed by atoms with van der Waals surface area (Å²) in [5.74, 6) is 0.587. The minimum absolute atomic E-state index is 0.371. The number of aromatic nitrogens is 4. The maximum absolute atomic E-state index is 6.00. The quantitative estimate of drug-likeness (QED) is 0.805. The highest BCUT2D eigenvalue weighted by molar-refractivity contribution is 6.30. The first-order valence-corrected chi connectivity index (χ1v) is 5.55. The second-order valence-electron chi connectivity index (χ2n) is 3.59. The molecule has 0 atom stereocenters. The predicted octanol–water partition coefficient (Wildman–Crippen LogP) is 2.49. The summed E-state index contributed by atoms with van der Waals surface area (Å²) in [6.45, 7) is 6.12. The minimum Gasteiger partial charge on any atom is -0.239 e. The third kappa shape index (κ3) is 1.69. The smallest absolute Gasteiger partial charge is 0.191 e. The molecule has 2 aromatic rings. The van der Waals surface area contributed by atoms with Crippen molar-refractivity contribution in [1.29, 1.82) is 0 Å². The molecule has 0 saturated heterocycles. The molecule has 0 fully saturated rings. The lowest BCUT2D eigenvalue weighted by atomic mass is 10.1. The van der Waals surface area contributed by atoms with Crippen LogP contribution in [0.15, 0.2) is 12.4 Å². The van der Waals surface area contributed by atoms with Crippen LogP contribution in [0.3, 0.4) is 0 Å². The van der Waals surface area contributed by atoms with Crippen molar-refractivity contribution in [3.8, 4) is 5.82 Å². The van der Waals surface area contributed by atoms with Crippen molar-refractivity contribution in [2.45, 2.75) is 27.2 Å². The molecule has 0 saturated carbocycles. The molecule has 16 heavy (non-hydrogen) atoms. The Bertz CT molecular complexity index is 519. The van der Waals surface area contributed by atoms with E-state index in [9.17, 15) is 0 Å². The summed E-state index contributed by atoms with van der Waals surface area (Å²) in [6, 6.07) is 0. The van der Waals surface area contributed by atoms with Gasteiger partial charge in [0.25, 0.3) is 0 Å². The zero-order valence-corrected chi connectivity index (χ0v) is 10.3. The summed E-state index contributed by atoms with van der Waals surface area (Å²) >= 11 is 6.00. The van der Waals surface area contributed by atoms with Gasteiger partial charge in [0.15, 0.2) is 11.0 Å². The van der Waals surface area contributed by atoms with Gasteiger partial charge in [0.2, 0.25) is 0 Å². The minimum atomic E-state index is 0.371. The third-order valence-corrected chi connectivity index (χ3v) is 2.90. The van der Waals surface area contributed by atoms with Gasteiger partial charge in [-0.05, 0) is 25.8 Å². The lowest BCUT2D eigenvalue weighted by Gasteiger charge is -2.04. The average Bonchev–Trinajstić information content (AvgIpc) is 2.55. The molecule has 0 aliphatic heterocycles. The van der Waals surface area contributed by atoms with Gasteiger partial charge in [-0.2, -0.15) is 5.10 Å². The van der Waals surface area contributed by atoms with Crippen molar-refractivity contribution in [2.24, 2.45) is 0 Å². The van der Waals surface area contributed by atoms with Crippen molar-refractivity contribution >= 4 is 11.6 Å². The van der Waals surface area contributed by atoms with Crippen LogP contribution < -0.4 is 0 Å². The first-order chi connectivity index (χ1) is 7.65. The van der Waals surface area contributed by atoms with Gasteiger partial charge in [-0.15, -0.1) is 0 Å². The van der Waals surface area contributed by atoms with Crippen LogP contribution in [0, 0.1) is 13.8 Å². The van der Waals surface area contributed by atoms with Crippen molar-refractivity contribution in [1.82, 2.24) is 19.7 Å². The van der Waals surface area contributed by atoms with E-state index in [1.54, 1.807) is 17.1 Å². The molecule has 5 heteroatoms. The summed E-state index contributed by atoms with van der Waals surface area (Å²) < 4.78 is 1.75. The summed E-state index contributed by atoms with van der Waals surface area (Å²) in [4.78, 5) is 8.21. The topological polar surface area (TPSA) is 43.6 Å². The Morgan fingerprint density at radius 2 is 1.94 bits per heavy atom. The first-order valence-electron chi connectivity index (χ1n) is 5.17. The number of rotatable bonds is 2.